The maximum atomic E-state index is 10.8. The molecule has 0 saturated carbocycles. The number of aryl methyl sites for hydroxylation is 1. The van der Waals surface area contributed by atoms with E-state index < -0.39 is 10.0 Å². The predicted molar refractivity (Wildman–Crippen MR) is 62.6 cm³/mol. The van der Waals surface area contributed by atoms with Gasteiger partial charge in [0.1, 0.15) is 0 Å². The molecule has 0 bridgehead atoms. The number of sulfonamides is 1. The summed E-state index contributed by atoms with van der Waals surface area (Å²) in [6.45, 7) is 3.71. The molecule has 5 heteroatoms. The van der Waals surface area contributed by atoms with Gasteiger partial charge in [0, 0.05) is 13.2 Å². The summed E-state index contributed by atoms with van der Waals surface area (Å²) in [6.07, 6.45) is 2.56. The molecule has 1 aliphatic heterocycles. The molecule has 0 unspecified atom stereocenters. The van der Waals surface area contributed by atoms with Gasteiger partial charge in [0.25, 0.3) is 0 Å². The number of nitrogens with two attached hydrogens (primary N) is 1. The average Bonchev–Trinajstić information content (AvgIpc) is 2.74. The van der Waals surface area contributed by atoms with Gasteiger partial charge in [-0.15, -0.1) is 0 Å². The lowest BCUT2D eigenvalue weighted by Crippen LogP contribution is -2.13. The summed E-state index contributed by atoms with van der Waals surface area (Å²) >= 11 is 0. The highest BCUT2D eigenvalue weighted by molar-refractivity contribution is 7.89. The maximum absolute atomic E-state index is 10.8. The van der Waals surface area contributed by atoms with E-state index in [4.69, 9.17) is 9.88 Å². The average molecular weight is 243 g/mol. The van der Waals surface area contributed by atoms with Gasteiger partial charge in [-0.1, -0.05) is 18.2 Å². The van der Waals surface area contributed by atoms with E-state index in [-0.39, 0.29) is 4.90 Å². The quantitative estimate of drug-likeness (QED) is 0.811. The number of primary sulfonamides is 1. The van der Waals surface area contributed by atoms with Gasteiger partial charge in [0.05, 0.1) is 4.90 Å². The van der Waals surface area contributed by atoms with Crippen LogP contribution >= 0.6 is 0 Å². The van der Waals surface area contributed by atoms with Crippen molar-refractivity contribution in [2.45, 2.75) is 24.7 Å². The van der Waals surface area contributed by atoms with Crippen LogP contribution in [0.2, 0.25) is 0 Å². The summed E-state index contributed by atoms with van der Waals surface area (Å²) in [5.74, 6) is 0. The van der Waals surface area contributed by atoms with E-state index in [9.17, 15) is 8.42 Å². The Morgan fingerprint density at radius 2 is 1.75 bits per heavy atom. The zero-order chi connectivity index (χ0) is 12.0. The van der Waals surface area contributed by atoms with Crippen molar-refractivity contribution in [2.75, 3.05) is 13.2 Å². The Bertz CT molecular complexity index is 417. The topological polar surface area (TPSA) is 69.4 Å². The molecule has 0 aromatic heterocycles. The molecule has 16 heavy (non-hydrogen) atoms. The summed E-state index contributed by atoms with van der Waals surface area (Å²) < 4.78 is 26.6. The van der Waals surface area contributed by atoms with Crippen LogP contribution in [-0.2, 0) is 14.8 Å². The van der Waals surface area contributed by atoms with Crippen LogP contribution in [0.4, 0.5) is 0 Å². The first-order chi connectivity index (χ1) is 7.52. The highest BCUT2D eigenvalue weighted by Gasteiger charge is 2.08. The molecule has 0 spiro atoms. The number of hydrogen-bond acceptors (Lipinski definition) is 3. The number of benzene rings is 1. The third kappa shape index (κ3) is 4.30. The number of hydrogen-bond donors (Lipinski definition) is 1. The number of ether oxygens (including phenoxy) is 1. The minimum atomic E-state index is -3.53. The molecular weight excluding hydrogens is 226 g/mol. The predicted octanol–water partition coefficient (Wildman–Crippen LogP) is 1.44. The van der Waals surface area contributed by atoms with E-state index in [0.29, 0.717) is 5.56 Å². The molecule has 0 amide bonds. The maximum Gasteiger partial charge on any atom is 0.238 e. The molecule has 1 saturated heterocycles. The second-order valence-corrected chi connectivity index (χ2v) is 5.16. The van der Waals surface area contributed by atoms with Crippen LogP contribution in [0.25, 0.3) is 0 Å². The summed E-state index contributed by atoms with van der Waals surface area (Å²) in [4.78, 5) is 0.194. The van der Waals surface area contributed by atoms with E-state index in [2.05, 4.69) is 0 Å². The van der Waals surface area contributed by atoms with E-state index in [1.54, 1.807) is 25.1 Å². The zero-order valence-electron chi connectivity index (χ0n) is 9.35. The van der Waals surface area contributed by atoms with Crippen LogP contribution in [0.15, 0.2) is 29.2 Å². The van der Waals surface area contributed by atoms with Crippen LogP contribution in [0.3, 0.4) is 0 Å². The Morgan fingerprint density at radius 3 is 2.06 bits per heavy atom. The van der Waals surface area contributed by atoms with Crippen molar-refractivity contribution in [3.05, 3.63) is 29.8 Å². The summed E-state index contributed by atoms with van der Waals surface area (Å²) in [5, 5.41) is 4.93. The van der Waals surface area contributed by atoms with Crippen molar-refractivity contribution in [3.63, 3.8) is 0 Å². The molecule has 0 atom stereocenters. The Kier molecular flexibility index (Phi) is 4.92. The minimum absolute atomic E-state index is 0.194. The van der Waals surface area contributed by atoms with Crippen molar-refractivity contribution in [3.8, 4) is 0 Å². The molecular formula is C11H17NO3S. The van der Waals surface area contributed by atoms with E-state index >= 15 is 0 Å². The molecule has 2 N–H and O–H groups in total. The second kappa shape index (κ2) is 5.98. The first-order valence-corrected chi connectivity index (χ1v) is 6.72. The van der Waals surface area contributed by atoms with Gasteiger partial charge >= 0.3 is 0 Å². The molecule has 1 fully saturated rings. The first-order valence-electron chi connectivity index (χ1n) is 5.18. The van der Waals surface area contributed by atoms with Crippen molar-refractivity contribution in [1.82, 2.24) is 0 Å². The Balaban J connectivity index is 0.000000212. The first kappa shape index (κ1) is 13.2. The SMILES string of the molecule is C1CCOC1.Cc1ccccc1S(N)(=O)=O. The van der Waals surface area contributed by atoms with E-state index in [0.717, 1.165) is 13.2 Å². The van der Waals surface area contributed by atoms with Crippen LogP contribution in [0.5, 0.6) is 0 Å². The van der Waals surface area contributed by atoms with Gasteiger partial charge < -0.3 is 4.74 Å². The van der Waals surface area contributed by atoms with Crippen LogP contribution in [-0.4, -0.2) is 21.6 Å². The van der Waals surface area contributed by atoms with Gasteiger partial charge in [-0.05, 0) is 31.4 Å². The summed E-state index contributed by atoms with van der Waals surface area (Å²) in [6, 6.07) is 6.61. The van der Waals surface area contributed by atoms with Crippen LogP contribution in [0, 0.1) is 6.92 Å². The van der Waals surface area contributed by atoms with Gasteiger partial charge in [0.2, 0.25) is 10.0 Å². The normalized spacial score (nSPS) is 15.4. The fourth-order valence-corrected chi connectivity index (χ4v) is 2.17. The lowest BCUT2D eigenvalue weighted by molar-refractivity contribution is 0.198. The standard InChI is InChI=1S/C7H9NO2S.C4H8O/c1-6-4-2-3-5-7(6)11(8,9)10;1-2-4-5-3-1/h2-5H,1H3,(H2,8,9,10);1-4H2. The lowest BCUT2D eigenvalue weighted by Gasteiger charge is -2.00. The molecule has 0 radical (unpaired) electrons. The van der Waals surface area contributed by atoms with Gasteiger partial charge in [-0.3, -0.25) is 0 Å². The molecule has 1 aromatic rings. The molecule has 2 rings (SSSR count). The fourth-order valence-electron chi connectivity index (χ4n) is 1.39. The van der Waals surface area contributed by atoms with Gasteiger partial charge in [-0.25, -0.2) is 13.6 Å². The lowest BCUT2D eigenvalue weighted by atomic mass is 10.2. The molecule has 1 aromatic carbocycles. The smallest absolute Gasteiger partial charge is 0.238 e. The Morgan fingerprint density at radius 1 is 1.19 bits per heavy atom. The molecule has 1 heterocycles. The fraction of sp³-hybridized carbons (Fsp3) is 0.455. The van der Waals surface area contributed by atoms with Gasteiger partial charge in [0.15, 0.2) is 0 Å². The summed E-state index contributed by atoms with van der Waals surface area (Å²) in [7, 11) is -3.53. The molecule has 4 nitrogen and oxygen atoms in total. The van der Waals surface area contributed by atoms with Crippen LogP contribution in [0.1, 0.15) is 18.4 Å². The summed E-state index contributed by atoms with van der Waals surface area (Å²) in [5.41, 5.74) is 0.676. The largest absolute Gasteiger partial charge is 0.381 e. The molecule has 0 aliphatic carbocycles. The number of rotatable bonds is 1. The van der Waals surface area contributed by atoms with Crippen molar-refractivity contribution >= 4 is 10.0 Å². The third-order valence-corrected chi connectivity index (χ3v) is 3.30. The zero-order valence-corrected chi connectivity index (χ0v) is 10.2. The molecule has 90 valence electrons. The Hall–Kier alpha value is -0.910. The monoisotopic (exact) mass is 243 g/mol. The van der Waals surface area contributed by atoms with Gasteiger partial charge in [-0.2, -0.15) is 0 Å². The van der Waals surface area contributed by atoms with E-state index in [1.807, 2.05) is 0 Å². The van der Waals surface area contributed by atoms with Crippen molar-refractivity contribution < 1.29 is 13.2 Å². The second-order valence-electron chi connectivity index (χ2n) is 3.63. The van der Waals surface area contributed by atoms with Crippen LogP contribution < -0.4 is 5.14 Å². The third-order valence-electron chi connectivity index (χ3n) is 2.23. The van der Waals surface area contributed by atoms with Crippen molar-refractivity contribution in [1.29, 1.82) is 0 Å². The van der Waals surface area contributed by atoms with Crippen molar-refractivity contribution in [2.24, 2.45) is 5.14 Å². The van der Waals surface area contributed by atoms with E-state index in [1.165, 1.54) is 18.9 Å². The highest BCUT2D eigenvalue weighted by Crippen LogP contribution is 2.10. The Labute approximate surface area is 96.5 Å². The molecule has 1 aliphatic rings. The minimum Gasteiger partial charge on any atom is -0.381 e. The highest BCUT2D eigenvalue weighted by atomic mass is 32.2.